The van der Waals surface area contributed by atoms with Gasteiger partial charge < -0.3 is 5.11 Å². The van der Waals surface area contributed by atoms with Crippen LogP contribution in [0.1, 0.15) is 42.4 Å². The smallest absolute Gasteiger partial charge is 0.106 e. The standard InChI is InChI=1S/C16H23NO/c1-12-6-7-14(11-13(12)2)16(18)8-10-17-9-4-3-5-15(16)17/h6-7,11,15,18H,3-5,8-10H2,1-2H3. The van der Waals surface area contributed by atoms with Crippen LogP contribution in [0.3, 0.4) is 0 Å². The summed E-state index contributed by atoms with van der Waals surface area (Å²) in [5, 5.41) is 11.1. The summed E-state index contributed by atoms with van der Waals surface area (Å²) in [7, 11) is 0. The molecule has 3 rings (SSSR count). The molecular weight excluding hydrogens is 222 g/mol. The lowest BCUT2D eigenvalue weighted by atomic mass is 9.82. The van der Waals surface area contributed by atoms with E-state index in [1.54, 1.807) is 0 Å². The largest absolute Gasteiger partial charge is 0.383 e. The molecule has 0 radical (unpaired) electrons. The van der Waals surface area contributed by atoms with Gasteiger partial charge in [0.2, 0.25) is 0 Å². The highest BCUT2D eigenvalue weighted by Crippen LogP contribution is 2.42. The fourth-order valence-electron chi connectivity index (χ4n) is 3.63. The van der Waals surface area contributed by atoms with Crippen LogP contribution in [-0.4, -0.2) is 29.1 Å². The zero-order chi connectivity index (χ0) is 12.8. The number of benzene rings is 1. The molecule has 2 atom stereocenters. The molecule has 0 aliphatic carbocycles. The summed E-state index contributed by atoms with van der Waals surface area (Å²) in [4.78, 5) is 2.48. The molecule has 2 saturated heterocycles. The molecule has 2 fully saturated rings. The number of fused-ring (bicyclic) bond motifs is 1. The van der Waals surface area contributed by atoms with E-state index in [1.807, 2.05) is 0 Å². The molecular formula is C16H23NO. The van der Waals surface area contributed by atoms with Crippen molar-refractivity contribution < 1.29 is 5.11 Å². The molecule has 18 heavy (non-hydrogen) atoms. The highest BCUT2D eigenvalue weighted by molar-refractivity contribution is 5.35. The zero-order valence-electron chi connectivity index (χ0n) is 11.4. The van der Waals surface area contributed by atoms with Gasteiger partial charge in [0.15, 0.2) is 0 Å². The number of aryl methyl sites for hydroxylation is 2. The van der Waals surface area contributed by atoms with Crippen LogP contribution in [0.25, 0.3) is 0 Å². The average molecular weight is 245 g/mol. The second-order valence-corrected chi connectivity index (χ2v) is 6.02. The maximum Gasteiger partial charge on any atom is 0.106 e. The van der Waals surface area contributed by atoms with Gasteiger partial charge >= 0.3 is 0 Å². The first-order chi connectivity index (χ1) is 8.61. The number of hydrogen-bond acceptors (Lipinski definition) is 2. The zero-order valence-corrected chi connectivity index (χ0v) is 11.4. The van der Waals surface area contributed by atoms with Crippen molar-refractivity contribution in [3.05, 3.63) is 34.9 Å². The van der Waals surface area contributed by atoms with Crippen LogP contribution in [0, 0.1) is 13.8 Å². The molecule has 0 aromatic heterocycles. The Kier molecular flexibility index (Phi) is 2.95. The molecule has 2 heteroatoms. The van der Waals surface area contributed by atoms with Crippen molar-refractivity contribution in [2.75, 3.05) is 13.1 Å². The van der Waals surface area contributed by atoms with E-state index in [9.17, 15) is 5.11 Å². The molecule has 2 aliphatic heterocycles. The Morgan fingerprint density at radius 1 is 1.17 bits per heavy atom. The maximum atomic E-state index is 11.1. The summed E-state index contributed by atoms with van der Waals surface area (Å²) in [6.07, 6.45) is 4.58. The van der Waals surface area contributed by atoms with Crippen molar-refractivity contribution in [3.63, 3.8) is 0 Å². The molecule has 0 amide bonds. The number of rotatable bonds is 1. The molecule has 0 saturated carbocycles. The molecule has 0 spiro atoms. The van der Waals surface area contributed by atoms with Gasteiger partial charge in [-0.05, 0) is 56.3 Å². The lowest BCUT2D eigenvalue weighted by Crippen LogP contribution is -2.45. The van der Waals surface area contributed by atoms with Gasteiger partial charge in [-0.3, -0.25) is 4.90 Å². The minimum atomic E-state index is -0.612. The number of hydrogen-bond donors (Lipinski definition) is 1. The molecule has 1 N–H and O–H groups in total. The molecule has 0 bridgehead atoms. The van der Waals surface area contributed by atoms with Crippen LogP contribution in [0.15, 0.2) is 18.2 Å². The van der Waals surface area contributed by atoms with E-state index in [4.69, 9.17) is 0 Å². The monoisotopic (exact) mass is 245 g/mol. The summed E-state index contributed by atoms with van der Waals surface area (Å²) >= 11 is 0. The fraction of sp³-hybridized carbons (Fsp3) is 0.625. The van der Waals surface area contributed by atoms with Crippen LogP contribution >= 0.6 is 0 Å². The topological polar surface area (TPSA) is 23.5 Å². The number of aliphatic hydroxyl groups is 1. The quantitative estimate of drug-likeness (QED) is 0.822. The van der Waals surface area contributed by atoms with Gasteiger partial charge in [-0.15, -0.1) is 0 Å². The van der Waals surface area contributed by atoms with E-state index >= 15 is 0 Å². The van der Waals surface area contributed by atoms with E-state index in [2.05, 4.69) is 36.9 Å². The predicted molar refractivity (Wildman–Crippen MR) is 73.6 cm³/mol. The number of nitrogens with zero attached hydrogens (tertiary/aromatic N) is 1. The van der Waals surface area contributed by atoms with Crippen molar-refractivity contribution in [1.29, 1.82) is 0 Å². The van der Waals surface area contributed by atoms with Crippen LogP contribution in [0.5, 0.6) is 0 Å². The summed E-state index contributed by atoms with van der Waals surface area (Å²) < 4.78 is 0. The Bertz CT molecular complexity index is 456. The van der Waals surface area contributed by atoms with Crippen LogP contribution < -0.4 is 0 Å². The lowest BCUT2D eigenvalue weighted by molar-refractivity contribution is -0.0138. The van der Waals surface area contributed by atoms with Gasteiger partial charge in [0, 0.05) is 12.6 Å². The van der Waals surface area contributed by atoms with Crippen molar-refractivity contribution in [2.45, 2.75) is 51.2 Å². The first-order valence-corrected chi connectivity index (χ1v) is 7.15. The van der Waals surface area contributed by atoms with Crippen molar-refractivity contribution >= 4 is 0 Å². The van der Waals surface area contributed by atoms with Crippen LogP contribution in [0.2, 0.25) is 0 Å². The Balaban J connectivity index is 1.96. The minimum absolute atomic E-state index is 0.341. The average Bonchev–Trinajstić information content (AvgIpc) is 2.73. The maximum absolute atomic E-state index is 11.1. The Labute approximate surface area is 110 Å². The first kappa shape index (κ1) is 12.2. The van der Waals surface area contributed by atoms with Crippen molar-refractivity contribution in [1.82, 2.24) is 4.90 Å². The molecule has 2 unspecified atom stereocenters. The van der Waals surface area contributed by atoms with Gasteiger partial charge in [-0.25, -0.2) is 0 Å². The van der Waals surface area contributed by atoms with E-state index in [0.717, 1.165) is 31.5 Å². The normalized spacial score (nSPS) is 32.5. The van der Waals surface area contributed by atoms with Crippen LogP contribution in [0.4, 0.5) is 0 Å². The molecule has 98 valence electrons. The van der Waals surface area contributed by atoms with Gasteiger partial charge in [0.05, 0.1) is 0 Å². The Morgan fingerprint density at radius 2 is 2.00 bits per heavy atom. The minimum Gasteiger partial charge on any atom is -0.383 e. The molecule has 2 heterocycles. The molecule has 1 aromatic rings. The molecule has 2 nitrogen and oxygen atoms in total. The van der Waals surface area contributed by atoms with E-state index in [-0.39, 0.29) is 0 Å². The van der Waals surface area contributed by atoms with Crippen molar-refractivity contribution in [3.8, 4) is 0 Å². The van der Waals surface area contributed by atoms with Crippen molar-refractivity contribution in [2.24, 2.45) is 0 Å². The molecule has 1 aromatic carbocycles. The highest BCUT2D eigenvalue weighted by Gasteiger charge is 2.47. The van der Waals surface area contributed by atoms with Gasteiger partial charge in [0.1, 0.15) is 5.60 Å². The first-order valence-electron chi connectivity index (χ1n) is 7.15. The van der Waals surface area contributed by atoms with Crippen LogP contribution in [-0.2, 0) is 5.60 Å². The van der Waals surface area contributed by atoms with E-state index < -0.39 is 5.60 Å². The number of piperidine rings is 1. The second-order valence-electron chi connectivity index (χ2n) is 6.02. The van der Waals surface area contributed by atoms with E-state index in [1.165, 1.54) is 24.0 Å². The highest BCUT2D eigenvalue weighted by atomic mass is 16.3. The SMILES string of the molecule is Cc1ccc(C2(O)CCN3CCCCC32)cc1C. The Hall–Kier alpha value is -0.860. The lowest BCUT2D eigenvalue weighted by Gasteiger charge is -2.37. The van der Waals surface area contributed by atoms with Gasteiger partial charge in [0.25, 0.3) is 0 Å². The summed E-state index contributed by atoms with van der Waals surface area (Å²) in [5.74, 6) is 0. The third-order valence-corrected chi connectivity index (χ3v) is 4.95. The predicted octanol–water partition coefficient (Wildman–Crippen LogP) is 2.75. The second kappa shape index (κ2) is 4.36. The summed E-state index contributed by atoms with van der Waals surface area (Å²) in [6, 6.07) is 6.80. The van der Waals surface area contributed by atoms with Gasteiger partial charge in [-0.2, -0.15) is 0 Å². The van der Waals surface area contributed by atoms with Gasteiger partial charge in [-0.1, -0.05) is 24.6 Å². The van der Waals surface area contributed by atoms with E-state index in [0.29, 0.717) is 6.04 Å². The summed E-state index contributed by atoms with van der Waals surface area (Å²) in [5.41, 5.74) is 3.11. The third kappa shape index (κ3) is 1.79. The third-order valence-electron chi connectivity index (χ3n) is 4.95. The fourth-order valence-corrected chi connectivity index (χ4v) is 3.63. The molecule has 2 aliphatic rings. The Morgan fingerprint density at radius 3 is 2.78 bits per heavy atom. The summed E-state index contributed by atoms with van der Waals surface area (Å²) in [6.45, 7) is 6.48.